The number of nitrogens with one attached hydrogen (secondary N) is 1. The van der Waals surface area contributed by atoms with Crippen molar-refractivity contribution >= 4 is 5.69 Å². The number of rotatable bonds is 4. The number of nitrogens with zero attached hydrogens (tertiary/aromatic N) is 2. The Hall–Kier alpha value is -1.88. The Morgan fingerprint density at radius 2 is 2.19 bits per heavy atom. The van der Waals surface area contributed by atoms with Crippen LogP contribution in [-0.2, 0) is 17.6 Å². The first-order chi connectivity index (χ1) is 10.4. The lowest BCUT2D eigenvalue weighted by molar-refractivity contribution is 0.109. The largest absolute Gasteiger partial charge is 0.384 e. The molecule has 0 aliphatic carbocycles. The Bertz CT molecular complexity index is 619. The molecule has 21 heavy (non-hydrogen) atoms. The quantitative estimate of drug-likeness (QED) is 0.935. The van der Waals surface area contributed by atoms with E-state index in [0.717, 1.165) is 50.6 Å². The van der Waals surface area contributed by atoms with Gasteiger partial charge in [0.15, 0.2) is 5.82 Å². The smallest absolute Gasteiger partial charge is 0.227 e. The number of benzene rings is 1. The van der Waals surface area contributed by atoms with Crippen LogP contribution in [0.3, 0.4) is 0 Å². The number of hydrogen-bond donors (Lipinski definition) is 1. The summed E-state index contributed by atoms with van der Waals surface area (Å²) >= 11 is 0. The molecule has 5 heteroatoms. The maximum absolute atomic E-state index is 5.61. The van der Waals surface area contributed by atoms with Crippen molar-refractivity contribution in [3.63, 3.8) is 0 Å². The van der Waals surface area contributed by atoms with Crippen LogP contribution in [0.4, 0.5) is 5.69 Å². The summed E-state index contributed by atoms with van der Waals surface area (Å²) in [5, 5.41) is 7.52. The summed E-state index contributed by atoms with van der Waals surface area (Å²) in [6, 6.07) is 8.42. The lowest BCUT2D eigenvalue weighted by Gasteiger charge is -2.06. The molecule has 1 aromatic heterocycles. The van der Waals surface area contributed by atoms with Crippen LogP contribution in [0, 0.1) is 0 Å². The van der Waals surface area contributed by atoms with E-state index in [4.69, 9.17) is 9.26 Å². The van der Waals surface area contributed by atoms with Crippen LogP contribution in [0.1, 0.15) is 36.0 Å². The number of hydrogen-bond acceptors (Lipinski definition) is 5. The van der Waals surface area contributed by atoms with Gasteiger partial charge in [0, 0.05) is 37.6 Å². The SMILES string of the molecule is c1ccc2c(c1)NCC2Cc1nc(CC2CCCO2)no1. The van der Waals surface area contributed by atoms with Gasteiger partial charge in [0.1, 0.15) is 0 Å². The van der Waals surface area contributed by atoms with Crippen molar-refractivity contribution in [1.82, 2.24) is 10.1 Å². The van der Waals surface area contributed by atoms with Crippen LogP contribution in [0.2, 0.25) is 0 Å². The number of anilines is 1. The average Bonchev–Trinajstić information content (AvgIpc) is 3.23. The highest BCUT2D eigenvalue weighted by atomic mass is 16.5. The summed E-state index contributed by atoms with van der Waals surface area (Å²) in [6.07, 6.45) is 4.07. The summed E-state index contributed by atoms with van der Waals surface area (Å²) in [4.78, 5) is 4.52. The van der Waals surface area contributed by atoms with Gasteiger partial charge in [-0.2, -0.15) is 4.98 Å². The average molecular weight is 285 g/mol. The van der Waals surface area contributed by atoms with E-state index in [9.17, 15) is 0 Å². The summed E-state index contributed by atoms with van der Waals surface area (Å²) in [7, 11) is 0. The fourth-order valence-corrected chi connectivity index (χ4v) is 3.21. The Morgan fingerprint density at radius 3 is 3.10 bits per heavy atom. The molecular weight excluding hydrogens is 266 g/mol. The Labute approximate surface area is 123 Å². The fourth-order valence-electron chi connectivity index (χ4n) is 3.21. The molecule has 2 atom stereocenters. The van der Waals surface area contributed by atoms with E-state index in [-0.39, 0.29) is 6.10 Å². The molecule has 0 bridgehead atoms. The van der Waals surface area contributed by atoms with E-state index in [1.54, 1.807) is 0 Å². The highest BCUT2D eigenvalue weighted by Crippen LogP contribution is 2.33. The summed E-state index contributed by atoms with van der Waals surface area (Å²) in [5.74, 6) is 1.92. The molecule has 2 aliphatic rings. The Balaban J connectivity index is 1.42. The molecule has 0 amide bonds. The zero-order valence-electron chi connectivity index (χ0n) is 11.9. The van der Waals surface area contributed by atoms with Crippen LogP contribution in [-0.4, -0.2) is 29.4 Å². The summed E-state index contributed by atoms with van der Waals surface area (Å²) < 4.78 is 11.0. The predicted octanol–water partition coefficient (Wildman–Crippen LogP) is 2.54. The maximum Gasteiger partial charge on any atom is 0.227 e. The van der Waals surface area contributed by atoms with Crippen molar-refractivity contribution < 1.29 is 9.26 Å². The van der Waals surface area contributed by atoms with Crippen molar-refractivity contribution in [3.8, 4) is 0 Å². The molecule has 2 unspecified atom stereocenters. The summed E-state index contributed by atoms with van der Waals surface area (Å²) in [5.41, 5.74) is 2.57. The molecule has 1 fully saturated rings. The lowest BCUT2D eigenvalue weighted by Crippen LogP contribution is -2.10. The van der Waals surface area contributed by atoms with E-state index < -0.39 is 0 Å². The van der Waals surface area contributed by atoms with Crippen molar-refractivity contribution in [1.29, 1.82) is 0 Å². The second kappa shape index (κ2) is 5.48. The molecule has 2 aromatic rings. The van der Waals surface area contributed by atoms with Gasteiger partial charge < -0.3 is 14.6 Å². The third-order valence-electron chi connectivity index (χ3n) is 4.30. The zero-order chi connectivity index (χ0) is 14.1. The molecule has 5 nitrogen and oxygen atoms in total. The lowest BCUT2D eigenvalue weighted by atomic mass is 9.98. The third-order valence-corrected chi connectivity index (χ3v) is 4.30. The molecule has 2 aliphatic heterocycles. The first-order valence-corrected chi connectivity index (χ1v) is 7.64. The van der Waals surface area contributed by atoms with E-state index in [2.05, 4.69) is 39.7 Å². The van der Waals surface area contributed by atoms with Crippen molar-refractivity contribution in [2.45, 2.75) is 37.7 Å². The second-order valence-corrected chi connectivity index (χ2v) is 5.81. The van der Waals surface area contributed by atoms with Crippen LogP contribution in [0.5, 0.6) is 0 Å². The van der Waals surface area contributed by atoms with Crippen LogP contribution in [0.25, 0.3) is 0 Å². The van der Waals surface area contributed by atoms with E-state index in [1.165, 1.54) is 11.3 Å². The first-order valence-electron chi connectivity index (χ1n) is 7.64. The predicted molar refractivity (Wildman–Crippen MR) is 78.4 cm³/mol. The van der Waals surface area contributed by atoms with Gasteiger partial charge in [-0.1, -0.05) is 23.4 Å². The van der Waals surface area contributed by atoms with E-state index in [0.29, 0.717) is 5.92 Å². The maximum atomic E-state index is 5.61. The fraction of sp³-hybridized carbons (Fsp3) is 0.500. The van der Waals surface area contributed by atoms with Gasteiger partial charge >= 0.3 is 0 Å². The highest BCUT2D eigenvalue weighted by molar-refractivity contribution is 5.57. The minimum absolute atomic E-state index is 0.268. The van der Waals surface area contributed by atoms with Crippen LogP contribution >= 0.6 is 0 Å². The van der Waals surface area contributed by atoms with Gasteiger partial charge in [0.2, 0.25) is 5.89 Å². The van der Waals surface area contributed by atoms with Crippen molar-refractivity contribution in [2.75, 3.05) is 18.5 Å². The summed E-state index contributed by atoms with van der Waals surface area (Å²) in [6.45, 7) is 1.79. The minimum Gasteiger partial charge on any atom is -0.384 e. The highest BCUT2D eigenvalue weighted by Gasteiger charge is 2.25. The molecule has 4 rings (SSSR count). The molecule has 0 radical (unpaired) electrons. The van der Waals surface area contributed by atoms with Gasteiger partial charge in [0.25, 0.3) is 0 Å². The monoisotopic (exact) mass is 285 g/mol. The van der Waals surface area contributed by atoms with Gasteiger partial charge in [-0.3, -0.25) is 0 Å². The van der Waals surface area contributed by atoms with E-state index >= 15 is 0 Å². The van der Waals surface area contributed by atoms with Gasteiger partial charge in [-0.05, 0) is 24.5 Å². The van der Waals surface area contributed by atoms with Crippen LogP contribution in [0.15, 0.2) is 28.8 Å². The van der Waals surface area contributed by atoms with Gasteiger partial charge in [-0.25, -0.2) is 0 Å². The molecule has 1 aromatic carbocycles. The number of para-hydroxylation sites is 1. The Kier molecular flexibility index (Phi) is 3.35. The second-order valence-electron chi connectivity index (χ2n) is 5.81. The molecule has 110 valence electrons. The first kappa shape index (κ1) is 12.8. The number of fused-ring (bicyclic) bond motifs is 1. The van der Waals surface area contributed by atoms with E-state index in [1.807, 2.05) is 0 Å². The standard InChI is InChI=1S/C16H19N3O2/c1-2-6-14-13(5-1)11(10-17-14)8-16-18-15(19-21-16)9-12-4-3-7-20-12/h1-2,5-6,11-12,17H,3-4,7-10H2. The minimum atomic E-state index is 0.268. The zero-order valence-corrected chi connectivity index (χ0v) is 11.9. The van der Waals surface area contributed by atoms with Gasteiger partial charge in [0.05, 0.1) is 6.10 Å². The number of ether oxygens (including phenoxy) is 1. The molecule has 0 saturated carbocycles. The number of aromatic nitrogens is 2. The van der Waals surface area contributed by atoms with Crippen molar-refractivity contribution in [2.24, 2.45) is 0 Å². The topological polar surface area (TPSA) is 60.2 Å². The molecule has 1 saturated heterocycles. The normalized spacial score (nSPS) is 24.0. The van der Waals surface area contributed by atoms with Gasteiger partial charge in [-0.15, -0.1) is 0 Å². The molecule has 0 spiro atoms. The molecule has 1 N–H and O–H groups in total. The van der Waals surface area contributed by atoms with Crippen molar-refractivity contribution in [3.05, 3.63) is 41.5 Å². The molecule has 3 heterocycles. The third kappa shape index (κ3) is 2.65. The van der Waals surface area contributed by atoms with Crippen LogP contribution < -0.4 is 5.32 Å². The molecular formula is C16H19N3O2. The Morgan fingerprint density at radius 1 is 1.24 bits per heavy atom.